The summed E-state index contributed by atoms with van der Waals surface area (Å²) >= 11 is 0. The molecule has 5 fully saturated rings. The van der Waals surface area contributed by atoms with Crippen LogP contribution in [0.1, 0.15) is 64.7 Å². The smallest absolute Gasteiger partial charge is 0.226 e. The Morgan fingerprint density at radius 3 is 2.48 bits per heavy atom. The second-order valence-corrected chi connectivity index (χ2v) is 9.02. The van der Waals surface area contributed by atoms with E-state index >= 15 is 0 Å². The van der Waals surface area contributed by atoms with Crippen molar-refractivity contribution in [3.8, 4) is 0 Å². The highest BCUT2D eigenvalue weighted by Crippen LogP contribution is 2.65. The molecule has 0 aromatic rings. The number of carbonyl (C=O) groups is 1. The lowest BCUT2D eigenvalue weighted by Crippen LogP contribution is -2.57. The third-order valence-corrected chi connectivity index (χ3v) is 6.98. The van der Waals surface area contributed by atoms with E-state index in [1.807, 2.05) is 0 Å². The van der Waals surface area contributed by atoms with Crippen LogP contribution in [0.4, 0.5) is 0 Å². The van der Waals surface area contributed by atoms with Gasteiger partial charge in [-0.2, -0.15) is 0 Å². The minimum absolute atomic E-state index is 0.0671. The molecule has 5 rings (SSSR count). The van der Waals surface area contributed by atoms with Crippen LogP contribution in [0.25, 0.3) is 0 Å². The van der Waals surface area contributed by atoms with Crippen molar-refractivity contribution >= 4 is 5.91 Å². The Bertz CT molecular complexity index is 432. The summed E-state index contributed by atoms with van der Waals surface area (Å²) in [5.74, 6) is 2.18. The Morgan fingerprint density at radius 2 is 1.90 bits per heavy atom. The Hall–Kier alpha value is -0.570. The average Bonchev–Trinajstić information content (AvgIpc) is 2.78. The van der Waals surface area contributed by atoms with Crippen LogP contribution in [0.2, 0.25) is 0 Å². The molecule has 3 heteroatoms. The third kappa shape index (κ3) is 2.32. The molecule has 0 radical (unpaired) electrons. The number of nitrogens with one attached hydrogen (secondary N) is 1. The Morgan fingerprint density at radius 1 is 1.19 bits per heavy atom. The first-order valence-corrected chi connectivity index (χ1v) is 8.94. The Kier molecular flexibility index (Phi) is 3.15. The lowest BCUT2D eigenvalue weighted by molar-refractivity contribution is -0.155. The molecule has 118 valence electrons. The second-order valence-electron chi connectivity index (χ2n) is 9.02. The molecule has 0 aliphatic heterocycles. The van der Waals surface area contributed by atoms with Crippen molar-refractivity contribution in [2.45, 2.75) is 70.8 Å². The molecule has 3 nitrogen and oxygen atoms in total. The van der Waals surface area contributed by atoms with Crippen LogP contribution in [0.15, 0.2) is 0 Å². The van der Waals surface area contributed by atoms with Crippen LogP contribution in [0.5, 0.6) is 0 Å². The van der Waals surface area contributed by atoms with Crippen molar-refractivity contribution in [1.82, 2.24) is 5.32 Å². The largest absolute Gasteiger partial charge is 0.393 e. The predicted octanol–water partition coefficient (Wildman–Crippen LogP) is 2.87. The summed E-state index contributed by atoms with van der Waals surface area (Å²) in [6.45, 7) is 3.10. The highest BCUT2D eigenvalue weighted by molar-refractivity contribution is 5.83. The maximum absolute atomic E-state index is 12.9. The van der Waals surface area contributed by atoms with Gasteiger partial charge in [-0.05, 0) is 68.6 Å². The van der Waals surface area contributed by atoms with Gasteiger partial charge in [0.25, 0.3) is 0 Å². The fraction of sp³-hybridized carbons (Fsp3) is 0.944. The maximum Gasteiger partial charge on any atom is 0.226 e. The summed E-state index contributed by atoms with van der Waals surface area (Å²) in [6, 6.07) is 0. The minimum atomic E-state index is -0.195. The standard InChI is InChI=1S/C18H29NO2/c1-17-6-12-5-13(7-17)9-18(8-12,11-17)16(21)19-10-14-3-2-4-15(14)20/h12-15,20H,2-11H2,1H3,(H,19,21). The lowest BCUT2D eigenvalue weighted by Gasteiger charge is -2.60. The van der Waals surface area contributed by atoms with Crippen LogP contribution in [-0.2, 0) is 4.79 Å². The van der Waals surface area contributed by atoms with E-state index in [2.05, 4.69) is 12.2 Å². The Labute approximate surface area is 127 Å². The van der Waals surface area contributed by atoms with Gasteiger partial charge in [0.2, 0.25) is 5.91 Å². The van der Waals surface area contributed by atoms with Crippen LogP contribution in [-0.4, -0.2) is 23.7 Å². The number of amides is 1. The van der Waals surface area contributed by atoms with Gasteiger partial charge in [-0.15, -0.1) is 0 Å². The molecule has 0 spiro atoms. The zero-order valence-electron chi connectivity index (χ0n) is 13.2. The van der Waals surface area contributed by atoms with E-state index in [4.69, 9.17) is 0 Å². The molecule has 0 aromatic heterocycles. The molecular weight excluding hydrogens is 262 g/mol. The van der Waals surface area contributed by atoms with Crippen molar-refractivity contribution in [3.05, 3.63) is 0 Å². The van der Waals surface area contributed by atoms with Crippen molar-refractivity contribution in [3.63, 3.8) is 0 Å². The monoisotopic (exact) mass is 291 g/mol. The molecule has 5 aliphatic rings. The van der Waals surface area contributed by atoms with Gasteiger partial charge in [0.1, 0.15) is 0 Å². The third-order valence-electron chi connectivity index (χ3n) is 6.98. The van der Waals surface area contributed by atoms with Gasteiger partial charge in [0.05, 0.1) is 11.5 Å². The van der Waals surface area contributed by atoms with Crippen LogP contribution >= 0.6 is 0 Å². The van der Waals surface area contributed by atoms with E-state index in [9.17, 15) is 9.90 Å². The van der Waals surface area contributed by atoms with Gasteiger partial charge < -0.3 is 10.4 Å². The lowest BCUT2D eigenvalue weighted by atomic mass is 9.44. The normalized spacial score (nSPS) is 51.3. The minimum Gasteiger partial charge on any atom is -0.393 e. The van der Waals surface area contributed by atoms with Crippen molar-refractivity contribution in [1.29, 1.82) is 0 Å². The first kappa shape index (κ1) is 14.0. The van der Waals surface area contributed by atoms with E-state index in [-0.39, 0.29) is 11.5 Å². The average molecular weight is 291 g/mol. The number of carbonyl (C=O) groups excluding carboxylic acids is 1. The highest BCUT2D eigenvalue weighted by atomic mass is 16.3. The predicted molar refractivity (Wildman–Crippen MR) is 81.6 cm³/mol. The molecule has 0 heterocycles. The van der Waals surface area contributed by atoms with Crippen molar-refractivity contribution in [2.75, 3.05) is 6.54 Å². The second kappa shape index (κ2) is 4.71. The SMILES string of the molecule is CC12CC3CC(C1)CC(C(=O)NCC1CCCC1O)(C3)C2. The van der Waals surface area contributed by atoms with Gasteiger partial charge in [0.15, 0.2) is 0 Å². The summed E-state index contributed by atoms with van der Waals surface area (Å²) in [6.07, 6.45) is 10.3. The van der Waals surface area contributed by atoms with Gasteiger partial charge in [0, 0.05) is 12.5 Å². The molecule has 5 saturated carbocycles. The summed E-state index contributed by atoms with van der Waals surface area (Å²) in [4.78, 5) is 12.9. The zero-order valence-corrected chi connectivity index (χ0v) is 13.2. The topological polar surface area (TPSA) is 49.3 Å². The van der Waals surface area contributed by atoms with Crippen molar-refractivity contribution < 1.29 is 9.90 Å². The Balaban J connectivity index is 1.44. The number of rotatable bonds is 3. The molecule has 1 amide bonds. The van der Waals surface area contributed by atoms with Gasteiger partial charge in [-0.1, -0.05) is 13.3 Å². The molecule has 0 aromatic carbocycles. The maximum atomic E-state index is 12.9. The first-order valence-electron chi connectivity index (χ1n) is 8.94. The van der Waals surface area contributed by atoms with Crippen molar-refractivity contribution in [2.24, 2.45) is 28.6 Å². The molecular formula is C18H29NO2. The molecule has 4 unspecified atom stereocenters. The number of hydrogen-bond acceptors (Lipinski definition) is 2. The molecule has 5 aliphatic carbocycles. The van der Waals surface area contributed by atoms with E-state index in [0.717, 1.165) is 50.4 Å². The summed E-state index contributed by atoms with van der Waals surface area (Å²) in [7, 11) is 0. The van der Waals surface area contributed by atoms with E-state index in [1.54, 1.807) is 0 Å². The van der Waals surface area contributed by atoms with E-state index in [1.165, 1.54) is 19.3 Å². The van der Waals surface area contributed by atoms with Crippen LogP contribution < -0.4 is 5.32 Å². The van der Waals surface area contributed by atoms with Gasteiger partial charge in [-0.25, -0.2) is 0 Å². The van der Waals surface area contributed by atoms with E-state index in [0.29, 0.717) is 23.8 Å². The van der Waals surface area contributed by atoms with Crippen LogP contribution in [0.3, 0.4) is 0 Å². The first-order chi connectivity index (χ1) is 9.98. The molecule has 2 N–H and O–H groups in total. The molecule has 21 heavy (non-hydrogen) atoms. The number of aliphatic hydroxyl groups excluding tert-OH is 1. The quantitative estimate of drug-likeness (QED) is 0.840. The summed E-state index contributed by atoms with van der Waals surface area (Å²) in [5.41, 5.74) is 0.358. The summed E-state index contributed by atoms with van der Waals surface area (Å²) in [5, 5.41) is 13.2. The molecule has 0 saturated heterocycles. The fourth-order valence-corrected chi connectivity index (χ4v) is 6.65. The number of aliphatic hydroxyl groups is 1. The zero-order chi connectivity index (χ0) is 14.7. The number of hydrogen-bond donors (Lipinski definition) is 2. The van der Waals surface area contributed by atoms with E-state index < -0.39 is 0 Å². The van der Waals surface area contributed by atoms with Gasteiger partial charge >= 0.3 is 0 Å². The fourth-order valence-electron chi connectivity index (χ4n) is 6.65. The highest BCUT2D eigenvalue weighted by Gasteiger charge is 2.58. The molecule has 4 bridgehead atoms. The van der Waals surface area contributed by atoms with Crippen LogP contribution in [0, 0.1) is 28.6 Å². The van der Waals surface area contributed by atoms with Gasteiger partial charge in [-0.3, -0.25) is 4.79 Å². The summed E-state index contributed by atoms with van der Waals surface area (Å²) < 4.78 is 0. The molecule has 4 atom stereocenters.